The van der Waals surface area contributed by atoms with Gasteiger partial charge in [0.1, 0.15) is 0 Å². The summed E-state index contributed by atoms with van der Waals surface area (Å²) in [4.78, 5) is 3.86. The van der Waals surface area contributed by atoms with Crippen LogP contribution in [0.3, 0.4) is 0 Å². The number of aliphatic hydroxyl groups is 2. The molecule has 0 aromatic heterocycles. The number of hydrogen-bond donors (Lipinski definition) is 3. The summed E-state index contributed by atoms with van der Waals surface area (Å²) in [5.74, 6) is 0.0508. The van der Waals surface area contributed by atoms with Crippen LogP contribution in [0.2, 0.25) is 0 Å². The Bertz CT molecular complexity index is 553. The smallest absolute Gasteiger partial charge is 0.214 e. The van der Waals surface area contributed by atoms with Crippen LogP contribution in [0.4, 0.5) is 4.70 Å². The van der Waals surface area contributed by atoms with Crippen molar-refractivity contribution in [2.45, 2.75) is 51.7 Å². The lowest BCUT2D eigenvalue weighted by molar-refractivity contribution is -0.180. The highest BCUT2D eigenvalue weighted by atomic mass is 79.9. The van der Waals surface area contributed by atoms with E-state index in [2.05, 4.69) is 32.8 Å². The largest absolute Gasteiger partial charge is 0.392 e. The molecule has 0 aromatic carbocycles. The number of aliphatic imine (C=N–C) groups is 1. The van der Waals surface area contributed by atoms with E-state index >= 15 is 0 Å². The van der Waals surface area contributed by atoms with Crippen molar-refractivity contribution in [2.24, 2.45) is 10.9 Å². The zero-order chi connectivity index (χ0) is 18.9. The molecule has 26 heavy (non-hydrogen) atoms. The maximum atomic E-state index is 10.3. The molecule has 0 spiro atoms. The first-order chi connectivity index (χ1) is 11.7. The van der Waals surface area contributed by atoms with Crippen LogP contribution in [-0.4, -0.2) is 41.1 Å². The van der Waals surface area contributed by atoms with E-state index in [9.17, 15) is 10.2 Å². The quantitative estimate of drug-likeness (QED) is 0.384. The van der Waals surface area contributed by atoms with Gasteiger partial charge in [0, 0.05) is 29.4 Å². The van der Waals surface area contributed by atoms with Gasteiger partial charge < -0.3 is 14.9 Å². The van der Waals surface area contributed by atoms with Crippen LogP contribution in [0.15, 0.2) is 52.1 Å². The van der Waals surface area contributed by atoms with Gasteiger partial charge >= 0.3 is 0 Å². The van der Waals surface area contributed by atoms with E-state index in [4.69, 9.17) is 4.74 Å². The predicted molar refractivity (Wildman–Crippen MR) is 109 cm³/mol. The standard InChI is InChI=1S/C19H29BrN2O3.FH/c1-5-21-11-7-6-8-17(23)14-9-10-15(16(20)12-14)13-22-18(24)25-19(2,3)4;/h5-7,9-11,14,17-18,22-24H,1,8,12-13H2,2-4H3;1H/b7-6+,21-11?;. The third-order valence-electron chi connectivity index (χ3n) is 3.53. The number of nitrogens with one attached hydrogen (secondary N) is 1. The second-order valence-electron chi connectivity index (χ2n) is 6.83. The monoisotopic (exact) mass is 432 g/mol. The first kappa shape index (κ1) is 24.9. The van der Waals surface area contributed by atoms with Crippen molar-refractivity contribution in [3.05, 3.63) is 47.1 Å². The zero-order valence-corrected chi connectivity index (χ0v) is 17.1. The highest BCUT2D eigenvalue weighted by Crippen LogP contribution is 2.30. The number of aliphatic hydroxyl groups excluding tert-OH is 2. The van der Waals surface area contributed by atoms with Crippen LogP contribution >= 0.6 is 15.9 Å². The fourth-order valence-electron chi connectivity index (χ4n) is 2.29. The molecule has 0 bridgehead atoms. The highest BCUT2D eigenvalue weighted by molar-refractivity contribution is 9.11. The molecule has 0 amide bonds. The van der Waals surface area contributed by atoms with Gasteiger partial charge in [0.2, 0.25) is 6.41 Å². The van der Waals surface area contributed by atoms with Crippen molar-refractivity contribution in [1.29, 1.82) is 0 Å². The van der Waals surface area contributed by atoms with Gasteiger partial charge in [-0.25, -0.2) is 0 Å². The predicted octanol–water partition coefficient (Wildman–Crippen LogP) is 3.57. The SMILES string of the molecule is C=CN=C/C=C/CC(O)C1C=CC(CNC(O)OC(C)(C)C)=C(Br)C1.F. The minimum absolute atomic E-state index is 0. The van der Waals surface area contributed by atoms with Gasteiger partial charge in [-0.1, -0.05) is 40.7 Å². The van der Waals surface area contributed by atoms with Crippen LogP contribution in [0.25, 0.3) is 0 Å². The number of halogens is 2. The Morgan fingerprint density at radius 3 is 2.73 bits per heavy atom. The lowest BCUT2D eigenvalue weighted by Gasteiger charge is -2.26. The first-order valence-electron chi connectivity index (χ1n) is 8.35. The van der Waals surface area contributed by atoms with E-state index in [-0.39, 0.29) is 10.6 Å². The molecule has 0 saturated carbocycles. The molecule has 1 rings (SSSR count). The van der Waals surface area contributed by atoms with E-state index in [1.165, 1.54) is 6.20 Å². The lowest BCUT2D eigenvalue weighted by Crippen LogP contribution is -2.39. The first-order valence-corrected chi connectivity index (χ1v) is 9.14. The molecule has 3 unspecified atom stereocenters. The van der Waals surface area contributed by atoms with Gasteiger partial charge in [0.15, 0.2) is 0 Å². The highest BCUT2D eigenvalue weighted by Gasteiger charge is 2.22. The molecule has 7 heteroatoms. The van der Waals surface area contributed by atoms with E-state index in [0.717, 1.165) is 16.5 Å². The molecular weight excluding hydrogens is 403 g/mol. The number of ether oxygens (including phenoxy) is 1. The number of allylic oxidation sites excluding steroid dienone is 2. The fraction of sp³-hybridized carbons (Fsp3) is 0.526. The molecule has 0 aromatic rings. The summed E-state index contributed by atoms with van der Waals surface area (Å²) in [6.07, 6.45) is 10.6. The number of hydrogen-bond acceptors (Lipinski definition) is 5. The van der Waals surface area contributed by atoms with Gasteiger partial charge in [-0.3, -0.25) is 15.0 Å². The van der Waals surface area contributed by atoms with Gasteiger partial charge in [0.05, 0.1) is 11.7 Å². The molecule has 3 atom stereocenters. The second kappa shape index (κ2) is 12.3. The normalized spacial score (nSPS) is 20.5. The van der Waals surface area contributed by atoms with Gasteiger partial charge in [-0.05, 0) is 45.3 Å². The van der Waals surface area contributed by atoms with Crippen LogP contribution in [0.5, 0.6) is 0 Å². The molecule has 0 heterocycles. The minimum Gasteiger partial charge on any atom is -0.392 e. The molecule has 0 saturated heterocycles. The number of rotatable bonds is 9. The Morgan fingerprint density at radius 1 is 1.46 bits per heavy atom. The summed E-state index contributed by atoms with van der Waals surface area (Å²) in [7, 11) is 0. The summed E-state index contributed by atoms with van der Waals surface area (Å²) in [5, 5.41) is 23.1. The van der Waals surface area contributed by atoms with Crippen LogP contribution in [-0.2, 0) is 4.74 Å². The molecule has 0 aliphatic heterocycles. The van der Waals surface area contributed by atoms with E-state index in [0.29, 0.717) is 13.0 Å². The lowest BCUT2D eigenvalue weighted by atomic mass is 9.90. The van der Waals surface area contributed by atoms with Crippen LogP contribution < -0.4 is 5.32 Å². The van der Waals surface area contributed by atoms with Crippen LogP contribution in [0, 0.1) is 5.92 Å². The Morgan fingerprint density at radius 2 is 2.15 bits per heavy atom. The van der Waals surface area contributed by atoms with Gasteiger partial charge in [0.25, 0.3) is 0 Å². The Balaban J connectivity index is 0.00000625. The molecule has 1 aliphatic carbocycles. The van der Waals surface area contributed by atoms with E-state index < -0.39 is 18.1 Å². The molecule has 148 valence electrons. The van der Waals surface area contributed by atoms with Gasteiger partial charge in [-0.15, -0.1) is 0 Å². The Labute approximate surface area is 163 Å². The van der Waals surface area contributed by atoms with Gasteiger partial charge in [-0.2, -0.15) is 0 Å². The van der Waals surface area contributed by atoms with E-state index in [1.54, 1.807) is 12.3 Å². The summed E-state index contributed by atoms with van der Waals surface area (Å²) in [6.45, 7) is 9.64. The minimum atomic E-state index is -1.02. The van der Waals surface area contributed by atoms with Crippen molar-refractivity contribution in [2.75, 3.05) is 6.54 Å². The molecule has 5 nitrogen and oxygen atoms in total. The summed E-state index contributed by atoms with van der Waals surface area (Å²) in [5.41, 5.74) is 0.619. The van der Waals surface area contributed by atoms with Crippen LogP contribution in [0.1, 0.15) is 33.6 Å². The maximum Gasteiger partial charge on any atom is 0.214 e. The fourth-order valence-corrected chi connectivity index (χ4v) is 2.94. The Hall–Kier alpha value is -1.12. The molecule has 0 radical (unpaired) electrons. The second-order valence-corrected chi connectivity index (χ2v) is 7.79. The third kappa shape index (κ3) is 10.1. The summed E-state index contributed by atoms with van der Waals surface area (Å²) in [6, 6.07) is 0. The Kier molecular flexibility index (Phi) is 11.8. The average molecular weight is 433 g/mol. The summed E-state index contributed by atoms with van der Waals surface area (Å²) < 4.78 is 6.43. The maximum absolute atomic E-state index is 10.3. The number of nitrogens with zero attached hydrogens (tertiary/aromatic N) is 1. The van der Waals surface area contributed by atoms with Crippen molar-refractivity contribution < 1.29 is 19.7 Å². The van der Waals surface area contributed by atoms with Crippen molar-refractivity contribution >= 4 is 22.1 Å². The summed E-state index contributed by atoms with van der Waals surface area (Å²) >= 11 is 3.58. The topological polar surface area (TPSA) is 74.1 Å². The van der Waals surface area contributed by atoms with Crippen molar-refractivity contribution in [3.63, 3.8) is 0 Å². The van der Waals surface area contributed by atoms with Crippen molar-refractivity contribution in [3.8, 4) is 0 Å². The third-order valence-corrected chi connectivity index (χ3v) is 4.36. The zero-order valence-electron chi connectivity index (χ0n) is 15.6. The molecular formula is C19H30BrFN2O3. The van der Waals surface area contributed by atoms with Crippen molar-refractivity contribution in [1.82, 2.24) is 5.32 Å². The average Bonchev–Trinajstić information content (AvgIpc) is 2.51. The molecule has 1 aliphatic rings. The van der Waals surface area contributed by atoms with E-state index in [1.807, 2.05) is 39.0 Å². The molecule has 3 N–H and O–H groups in total. The molecule has 0 fully saturated rings.